The fourth-order valence-electron chi connectivity index (χ4n) is 3.36. The molecule has 1 aliphatic heterocycles. The zero-order valence-corrected chi connectivity index (χ0v) is 12.0. The van der Waals surface area contributed by atoms with E-state index < -0.39 is 0 Å². The van der Waals surface area contributed by atoms with E-state index in [0.29, 0.717) is 6.10 Å². The summed E-state index contributed by atoms with van der Waals surface area (Å²) in [4.78, 5) is 0. The van der Waals surface area contributed by atoms with E-state index in [2.05, 4.69) is 19.2 Å². The Morgan fingerprint density at radius 2 is 1.94 bits per heavy atom. The third kappa shape index (κ3) is 3.69. The van der Waals surface area contributed by atoms with Gasteiger partial charge in [-0.2, -0.15) is 0 Å². The molecule has 18 heavy (non-hydrogen) atoms. The quantitative estimate of drug-likeness (QED) is 0.793. The van der Waals surface area contributed by atoms with Crippen LogP contribution in [0.2, 0.25) is 0 Å². The highest BCUT2D eigenvalue weighted by Crippen LogP contribution is 2.41. The van der Waals surface area contributed by atoms with Gasteiger partial charge in [-0.15, -0.1) is 0 Å². The minimum atomic E-state index is 0.0143. The van der Waals surface area contributed by atoms with E-state index in [0.717, 1.165) is 13.0 Å². The van der Waals surface area contributed by atoms with Gasteiger partial charge in [0, 0.05) is 18.7 Å². The summed E-state index contributed by atoms with van der Waals surface area (Å²) in [5, 5.41) is 12.6. The van der Waals surface area contributed by atoms with Gasteiger partial charge in [-0.3, -0.25) is 0 Å². The molecule has 1 saturated carbocycles. The molecule has 1 saturated heterocycles. The third-order valence-electron chi connectivity index (χ3n) is 4.65. The molecule has 0 aromatic heterocycles. The largest absolute Gasteiger partial charge is 0.396 e. The topological polar surface area (TPSA) is 41.5 Å². The standard InChI is InChI=1S/C15H29NO2/c1-14(2,10-11-17)16-12-13-6-9-15(18-13)7-4-3-5-8-15/h13,16-17H,3-12H2,1-2H3. The van der Waals surface area contributed by atoms with Gasteiger partial charge in [-0.05, 0) is 46.0 Å². The summed E-state index contributed by atoms with van der Waals surface area (Å²) < 4.78 is 6.34. The summed E-state index contributed by atoms with van der Waals surface area (Å²) in [7, 11) is 0. The Hall–Kier alpha value is -0.120. The number of aliphatic hydroxyl groups excluding tert-OH is 1. The van der Waals surface area contributed by atoms with Crippen molar-refractivity contribution < 1.29 is 9.84 Å². The van der Waals surface area contributed by atoms with Gasteiger partial charge in [0.05, 0.1) is 11.7 Å². The average molecular weight is 255 g/mol. The second-order valence-corrected chi connectivity index (χ2v) is 6.76. The van der Waals surface area contributed by atoms with E-state index in [-0.39, 0.29) is 17.7 Å². The van der Waals surface area contributed by atoms with Crippen molar-refractivity contribution >= 4 is 0 Å². The van der Waals surface area contributed by atoms with Crippen molar-refractivity contribution in [3.8, 4) is 0 Å². The lowest BCUT2D eigenvalue weighted by Gasteiger charge is -2.34. The molecule has 0 bridgehead atoms. The van der Waals surface area contributed by atoms with Gasteiger partial charge < -0.3 is 15.2 Å². The zero-order chi connectivity index (χ0) is 13.1. The van der Waals surface area contributed by atoms with Gasteiger partial charge in [-0.25, -0.2) is 0 Å². The van der Waals surface area contributed by atoms with E-state index >= 15 is 0 Å². The van der Waals surface area contributed by atoms with Gasteiger partial charge in [0.1, 0.15) is 0 Å². The molecule has 1 atom stereocenters. The SMILES string of the molecule is CC(C)(CCO)NCC1CCC2(CCCCC2)O1. The lowest BCUT2D eigenvalue weighted by atomic mass is 9.83. The van der Waals surface area contributed by atoms with E-state index in [9.17, 15) is 0 Å². The molecule has 3 nitrogen and oxygen atoms in total. The molecule has 2 fully saturated rings. The Balaban J connectivity index is 1.75. The van der Waals surface area contributed by atoms with Gasteiger partial charge in [0.2, 0.25) is 0 Å². The van der Waals surface area contributed by atoms with Crippen LogP contribution in [0.3, 0.4) is 0 Å². The van der Waals surface area contributed by atoms with Crippen molar-refractivity contribution in [2.45, 2.75) is 82.5 Å². The highest BCUT2D eigenvalue weighted by Gasteiger charge is 2.40. The van der Waals surface area contributed by atoms with E-state index in [1.54, 1.807) is 0 Å². The molecule has 3 heteroatoms. The molecule has 1 unspecified atom stereocenters. The van der Waals surface area contributed by atoms with Crippen molar-refractivity contribution in [2.75, 3.05) is 13.2 Å². The second kappa shape index (κ2) is 5.89. The Bertz CT molecular complexity index is 259. The van der Waals surface area contributed by atoms with Gasteiger partial charge in [0.15, 0.2) is 0 Å². The van der Waals surface area contributed by atoms with Crippen LogP contribution in [0.25, 0.3) is 0 Å². The van der Waals surface area contributed by atoms with Crippen LogP contribution in [0.4, 0.5) is 0 Å². The summed E-state index contributed by atoms with van der Waals surface area (Å²) in [5.41, 5.74) is 0.242. The van der Waals surface area contributed by atoms with Crippen LogP contribution in [0.5, 0.6) is 0 Å². The fraction of sp³-hybridized carbons (Fsp3) is 1.00. The molecule has 1 spiro atoms. The first kappa shape index (κ1) is 14.3. The van der Waals surface area contributed by atoms with E-state index in [4.69, 9.17) is 9.84 Å². The van der Waals surface area contributed by atoms with Gasteiger partial charge in [-0.1, -0.05) is 19.3 Å². The summed E-state index contributed by atoms with van der Waals surface area (Å²) in [5.74, 6) is 0. The Morgan fingerprint density at radius 1 is 1.22 bits per heavy atom. The maximum absolute atomic E-state index is 9.02. The highest BCUT2D eigenvalue weighted by molar-refractivity contribution is 4.92. The molecule has 2 rings (SSSR count). The molecule has 0 radical (unpaired) electrons. The number of hydrogen-bond acceptors (Lipinski definition) is 3. The maximum atomic E-state index is 9.02. The first-order valence-corrected chi connectivity index (χ1v) is 7.59. The minimum absolute atomic E-state index is 0.0143. The molecule has 0 amide bonds. The number of aliphatic hydroxyl groups is 1. The smallest absolute Gasteiger partial charge is 0.0708 e. The second-order valence-electron chi connectivity index (χ2n) is 6.76. The van der Waals surface area contributed by atoms with Crippen LogP contribution in [-0.2, 0) is 4.74 Å². The normalized spacial score (nSPS) is 27.8. The molecule has 2 aliphatic rings. The average Bonchev–Trinajstić information content (AvgIpc) is 2.71. The number of rotatable bonds is 5. The Morgan fingerprint density at radius 3 is 2.61 bits per heavy atom. The summed E-state index contributed by atoms with van der Waals surface area (Å²) in [6, 6.07) is 0. The monoisotopic (exact) mass is 255 g/mol. The Labute approximate surface area is 111 Å². The van der Waals surface area contributed by atoms with Crippen molar-refractivity contribution in [3.63, 3.8) is 0 Å². The molecule has 0 aromatic carbocycles. The van der Waals surface area contributed by atoms with Gasteiger partial charge in [0.25, 0.3) is 0 Å². The number of ether oxygens (including phenoxy) is 1. The van der Waals surface area contributed by atoms with Crippen LogP contribution in [0.15, 0.2) is 0 Å². The van der Waals surface area contributed by atoms with Crippen LogP contribution in [-0.4, -0.2) is 35.5 Å². The van der Waals surface area contributed by atoms with Crippen molar-refractivity contribution in [1.82, 2.24) is 5.32 Å². The summed E-state index contributed by atoms with van der Waals surface area (Å²) in [6.07, 6.45) is 10.2. The predicted molar refractivity (Wildman–Crippen MR) is 73.7 cm³/mol. The van der Waals surface area contributed by atoms with Crippen molar-refractivity contribution in [2.24, 2.45) is 0 Å². The molecular weight excluding hydrogens is 226 g/mol. The Kier molecular flexibility index (Phi) is 4.68. The first-order chi connectivity index (χ1) is 8.55. The lowest BCUT2D eigenvalue weighted by Crippen LogP contribution is -2.44. The number of nitrogens with one attached hydrogen (secondary N) is 1. The van der Waals surface area contributed by atoms with Crippen LogP contribution in [0.1, 0.15) is 65.2 Å². The lowest BCUT2D eigenvalue weighted by molar-refractivity contribution is -0.0640. The van der Waals surface area contributed by atoms with Crippen LogP contribution < -0.4 is 5.32 Å². The summed E-state index contributed by atoms with van der Waals surface area (Å²) in [6.45, 7) is 5.47. The minimum Gasteiger partial charge on any atom is -0.396 e. The fourth-order valence-corrected chi connectivity index (χ4v) is 3.36. The van der Waals surface area contributed by atoms with E-state index in [1.165, 1.54) is 44.9 Å². The third-order valence-corrected chi connectivity index (χ3v) is 4.65. The molecule has 0 aromatic rings. The summed E-state index contributed by atoms with van der Waals surface area (Å²) >= 11 is 0. The zero-order valence-electron chi connectivity index (χ0n) is 12.0. The number of hydrogen-bond donors (Lipinski definition) is 2. The predicted octanol–water partition coefficient (Wildman–Crippen LogP) is 2.62. The molecular formula is C15H29NO2. The van der Waals surface area contributed by atoms with Crippen molar-refractivity contribution in [3.05, 3.63) is 0 Å². The molecule has 1 heterocycles. The van der Waals surface area contributed by atoms with Gasteiger partial charge >= 0.3 is 0 Å². The first-order valence-electron chi connectivity index (χ1n) is 7.59. The van der Waals surface area contributed by atoms with E-state index in [1.807, 2.05) is 0 Å². The highest BCUT2D eigenvalue weighted by atomic mass is 16.5. The maximum Gasteiger partial charge on any atom is 0.0708 e. The molecule has 2 N–H and O–H groups in total. The van der Waals surface area contributed by atoms with Crippen LogP contribution >= 0.6 is 0 Å². The molecule has 106 valence electrons. The van der Waals surface area contributed by atoms with Crippen molar-refractivity contribution in [1.29, 1.82) is 0 Å². The molecule has 1 aliphatic carbocycles. The van der Waals surface area contributed by atoms with Crippen LogP contribution in [0, 0.1) is 0 Å².